The zero-order chi connectivity index (χ0) is 22.9. The van der Waals surface area contributed by atoms with E-state index in [1.807, 2.05) is 54.3 Å². The summed E-state index contributed by atoms with van der Waals surface area (Å²) >= 11 is 0. The highest BCUT2D eigenvalue weighted by molar-refractivity contribution is 6.00. The van der Waals surface area contributed by atoms with E-state index in [2.05, 4.69) is 29.8 Å². The summed E-state index contributed by atoms with van der Waals surface area (Å²) in [7, 11) is 0. The highest BCUT2D eigenvalue weighted by Crippen LogP contribution is 2.22. The van der Waals surface area contributed by atoms with Crippen LogP contribution in [-0.4, -0.2) is 42.8 Å². The Morgan fingerprint density at radius 2 is 1.69 bits per heavy atom. The number of piperidine rings is 1. The largest absolute Gasteiger partial charge is 0.378 e. The fourth-order valence-electron chi connectivity index (χ4n) is 3.54. The van der Waals surface area contributed by atoms with Crippen LogP contribution < -0.4 is 16.0 Å². The average molecular weight is 439 g/mol. The van der Waals surface area contributed by atoms with Crippen LogP contribution in [0.4, 0.5) is 26.7 Å². The molecular weight excluding hydrogens is 404 g/mol. The second kappa shape index (κ2) is 11.5. The Kier molecular flexibility index (Phi) is 8.50. The Morgan fingerprint density at radius 3 is 2.38 bits per heavy atom. The number of hydrogen-bond donors (Lipinski definition) is 3. The van der Waals surface area contributed by atoms with Crippen LogP contribution in [0.25, 0.3) is 0 Å². The van der Waals surface area contributed by atoms with Gasteiger partial charge < -0.3 is 25.6 Å². The van der Waals surface area contributed by atoms with Gasteiger partial charge in [-0.3, -0.25) is 0 Å². The van der Waals surface area contributed by atoms with E-state index >= 15 is 0 Å². The molecule has 0 bridgehead atoms. The number of likely N-dealkylation sites (tertiary alicyclic amines) is 1. The van der Waals surface area contributed by atoms with Gasteiger partial charge in [-0.15, -0.1) is 0 Å². The van der Waals surface area contributed by atoms with E-state index in [9.17, 15) is 9.59 Å². The molecule has 7 heteroatoms. The summed E-state index contributed by atoms with van der Waals surface area (Å²) < 4.78 is 5.95. The van der Waals surface area contributed by atoms with Crippen molar-refractivity contribution in [1.29, 1.82) is 0 Å². The van der Waals surface area contributed by atoms with E-state index in [-0.39, 0.29) is 18.2 Å². The zero-order valence-corrected chi connectivity index (χ0v) is 19.2. The molecular formula is C25H34N4O3. The molecule has 3 N–H and O–H groups in total. The first-order valence-corrected chi connectivity index (χ1v) is 11.3. The maximum atomic E-state index is 12.8. The fourth-order valence-corrected chi connectivity index (χ4v) is 3.54. The number of carbonyl (C=O) groups is 2. The van der Waals surface area contributed by atoms with E-state index in [0.717, 1.165) is 31.4 Å². The third kappa shape index (κ3) is 7.27. The molecule has 1 heterocycles. The minimum Gasteiger partial charge on any atom is -0.378 e. The van der Waals surface area contributed by atoms with E-state index in [0.29, 0.717) is 36.1 Å². The molecule has 1 fully saturated rings. The third-order valence-electron chi connectivity index (χ3n) is 5.55. The number of hydrogen-bond acceptors (Lipinski definition) is 3. The van der Waals surface area contributed by atoms with Gasteiger partial charge in [-0.05, 0) is 61.9 Å². The highest BCUT2D eigenvalue weighted by atomic mass is 16.5. The van der Waals surface area contributed by atoms with Crippen LogP contribution in [0.15, 0.2) is 48.5 Å². The molecule has 0 unspecified atom stereocenters. The normalized spacial score (nSPS) is 14.3. The summed E-state index contributed by atoms with van der Waals surface area (Å²) in [4.78, 5) is 26.9. The molecule has 0 spiro atoms. The van der Waals surface area contributed by atoms with Gasteiger partial charge in [0, 0.05) is 36.8 Å². The lowest BCUT2D eigenvalue weighted by Crippen LogP contribution is -2.43. The van der Waals surface area contributed by atoms with E-state index in [1.54, 1.807) is 6.07 Å². The van der Waals surface area contributed by atoms with Crippen molar-refractivity contribution in [2.24, 2.45) is 5.92 Å². The van der Waals surface area contributed by atoms with Gasteiger partial charge in [-0.25, -0.2) is 9.59 Å². The quantitative estimate of drug-likeness (QED) is 0.519. The van der Waals surface area contributed by atoms with Crippen molar-refractivity contribution in [1.82, 2.24) is 4.90 Å². The van der Waals surface area contributed by atoms with Gasteiger partial charge >= 0.3 is 12.1 Å². The molecule has 0 aliphatic carbocycles. The first-order chi connectivity index (χ1) is 15.4. The minimum atomic E-state index is -0.336. The van der Waals surface area contributed by atoms with Crippen molar-refractivity contribution < 1.29 is 14.3 Å². The van der Waals surface area contributed by atoms with Crippen molar-refractivity contribution in [3.8, 4) is 0 Å². The Morgan fingerprint density at radius 1 is 1.00 bits per heavy atom. The topological polar surface area (TPSA) is 82.7 Å². The number of amides is 4. The number of benzene rings is 2. The number of para-hydroxylation sites is 1. The Balaban J connectivity index is 1.50. The SMILES string of the molecule is Cc1ccc(NC(=O)Nc2ccccc2)cc1NC(=O)N1CCC(OCCC(C)C)CC1. The summed E-state index contributed by atoms with van der Waals surface area (Å²) in [5.74, 6) is 0.638. The molecule has 1 saturated heterocycles. The van der Waals surface area contributed by atoms with Gasteiger partial charge in [0.05, 0.1) is 6.10 Å². The molecule has 3 rings (SSSR count). The summed E-state index contributed by atoms with van der Waals surface area (Å²) in [5, 5.41) is 8.59. The molecule has 0 radical (unpaired) electrons. The van der Waals surface area contributed by atoms with Gasteiger partial charge in [0.25, 0.3) is 0 Å². The smallest absolute Gasteiger partial charge is 0.323 e. The first-order valence-electron chi connectivity index (χ1n) is 11.3. The number of aryl methyl sites for hydroxylation is 1. The van der Waals surface area contributed by atoms with Crippen molar-refractivity contribution >= 4 is 29.1 Å². The van der Waals surface area contributed by atoms with Crippen molar-refractivity contribution in [3.05, 3.63) is 54.1 Å². The van der Waals surface area contributed by atoms with Gasteiger partial charge in [-0.2, -0.15) is 0 Å². The summed E-state index contributed by atoms with van der Waals surface area (Å²) in [6.45, 7) is 8.45. The molecule has 32 heavy (non-hydrogen) atoms. The maximum Gasteiger partial charge on any atom is 0.323 e. The highest BCUT2D eigenvalue weighted by Gasteiger charge is 2.23. The average Bonchev–Trinajstić information content (AvgIpc) is 2.77. The van der Waals surface area contributed by atoms with Crippen molar-refractivity contribution in [2.45, 2.75) is 46.1 Å². The molecule has 7 nitrogen and oxygen atoms in total. The summed E-state index contributed by atoms with van der Waals surface area (Å²) in [6, 6.07) is 14.2. The van der Waals surface area contributed by atoms with Crippen LogP contribution in [0, 0.1) is 12.8 Å². The summed E-state index contributed by atoms with van der Waals surface area (Å²) in [5.41, 5.74) is 2.93. The second-order valence-electron chi connectivity index (χ2n) is 8.64. The van der Waals surface area contributed by atoms with E-state index in [4.69, 9.17) is 4.74 Å². The van der Waals surface area contributed by atoms with Crippen LogP contribution in [0.5, 0.6) is 0 Å². The minimum absolute atomic E-state index is 0.125. The van der Waals surface area contributed by atoms with Crippen LogP contribution in [0.3, 0.4) is 0 Å². The van der Waals surface area contributed by atoms with Gasteiger partial charge in [0.1, 0.15) is 0 Å². The Labute approximate surface area is 190 Å². The molecule has 0 saturated carbocycles. The standard InChI is InChI=1S/C25H34N4O3/c1-18(2)13-16-32-22-11-14-29(15-12-22)25(31)28-23-17-21(10-9-19(23)3)27-24(30)26-20-7-5-4-6-8-20/h4-10,17-18,22H,11-16H2,1-3H3,(H,28,31)(H2,26,27,30). The van der Waals surface area contributed by atoms with E-state index in [1.165, 1.54) is 0 Å². The van der Waals surface area contributed by atoms with Crippen molar-refractivity contribution in [2.75, 3.05) is 35.6 Å². The van der Waals surface area contributed by atoms with Gasteiger partial charge in [-0.1, -0.05) is 38.1 Å². The molecule has 2 aromatic rings. The van der Waals surface area contributed by atoms with Crippen LogP contribution in [0.1, 0.15) is 38.7 Å². The number of anilines is 3. The van der Waals surface area contributed by atoms with Crippen LogP contribution in [-0.2, 0) is 4.74 Å². The second-order valence-corrected chi connectivity index (χ2v) is 8.64. The number of ether oxygens (including phenoxy) is 1. The van der Waals surface area contributed by atoms with Crippen LogP contribution >= 0.6 is 0 Å². The molecule has 1 aliphatic rings. The van der Waals surface area contributed by atoms with Gasteiger partial charge in [0.15, 0.2) is 0 Å². The lowest BCUT2D eigenvalue weighted by Gasteiger charge is -2.32. The van der Waals surface area contributed by atoms with E-state index < -0.39 is 0 Å². The molecule has 1 aliphatic heterocycles. The Hall–Kier alpha value is -3.06. The zero-order valence-electron chi connectivity index (χ0n) is 19.2. The number of nitrogens with one attached hydrogen (secondary N) is 3. The molecule has 0 aromatic heterocycles. The monoisotopic (exact) mass is 438 g/mol. The maximum absolute atomic E-state index is 12.8. The third-order valence-corrected chi connectivity index (χ3v) is 5.55. The lowest BCUT2D eigenvalue weighted by molar-refractivity contribution is 0.0112. The number of nitrogens with zero attached hydrogens (tertiary/aromatic N) is 1. The molecule has 2 aromatic carbocycles. The lowest BCUT2D eigenvalue weighted by atomic mass is 10.1. The number of urea groups is 2. The van der Waals surface area contributed by atoms with Crippen molar-refractivity contribution in [3.63, 3.8) is 0 Å². The molecule has 0 atom stereocenters. The van der Waals surface area contributed by atoms with Gasteiger partial charge in [0.2, 0.25) is 0 Å². The number of rotatable bonds is 7. The molecule has 172 valence electrons. The Bertz CT molecular complexity index is 893. The summed E-state index contributed by atoms with van der Waals surface area (Å²) in [6.07, 6.45) is 3.00. The fraction of sp³-hybridized carbons (Fsp3) is 0.440. The number of carbonyl (C=O) groups excluding carboxylic acids is 2. The van der Waals surface area contributed by atoms with Crippen LogP contribution in [0.2, 0.25) is 0 Å². The predicted octanol–water partition coefficient (Wildman–Crippen LogP) is 5.70. The molecule has 4 amide bonds. The predicted molar refractivity (Wildman–Crippen MR) is 129 cm³/mol. The first kappa shape index (κ1) is 23.6.